The number of aromatic nitrogens is 3. The summed E-state index contributed by atoms with van der Waals surface area (Å²) >= 11 is 1.43. The van der Waals surface area contributed by atoms with Crippen LogP contribution in [0, 0.1) is 0 Å². The molecule has 0 radical (unpaired) electrons. The number of hydrogen-bond acceptors (Lipinski definition) is 6. The van der Waals surface area contributed by atoms with Crippen LogP contribution in [-0.4, -0.2) is 46.2 Å². The Hall–Kier alpha value is -2.45. The second-order valence-corrected chi connectivity index (χ2v) is 6.50. The van der Waals surface area contributed by atoms with Crippen LogP contribution in [0.3, 0.4) is 0 Å². The first-order chi connectivity index (χ1) is 11.5. The van der Waals surface area contributed by atoms with Crippen molar-refractivity contribution < 1.29 is 9.21 Å². The Balaban J connectivity index is 1.66. The highest BCUT2D eigenvalue weighted by Gasteiger charge is 2.19. The van der Waals surface area contributed by atoms with Crippen molar-refractivity contribution in [2.45, 2.75) is 6.04 Å². The van der Waals surface area contributed by atoms with Gasteiger partial charge in [-0.3, -0.25) is 14.4 Å². The van der Waals surface area contributed by atoms with Crippen molar-refractivity contribution in [3.63, 3.8) is 0 Å². The minimum absolute atomic E-state index is 0.0274. The molecule has 0 saturated carbocycles. The van der Waals surface area contributed by atoms with Gasteiger partial charge in [0.05, 0.1) is 18.5 Å². The minimum atomic E-state index is -0.195. The third-order valence-corrected chi connectivity index (χ3v) is 4.53. The molecule has 0 aliphatic heterocycles. The lowest BCUT2D eigenvalue weighted by Gasteiger charge is -2.22. The molecular weight excluding hydrogens is 326 g/mol. The van der Waals surface area contributed by atoms with Gasteiger partial charge in [0, 0.05) is 30.7 Å². The van der Waals surface area contributed by atoms with Crippen molar-refractivity contribution >= 4 is 17.2 Å². The minimum Gasteiger partial charge on any atom is -0.468 e. The lowest BCUT2D eigenvalue weighted by atomic mass is 10.2. The van der Waals surface area contributed by atoms with Crippen LogP contribution in [0.1, 0.15) is 22.3 Å². The maximum atomic E-state index is 12.4. The Morgan fingerprint density at radius 1 is 1.50 bits per heavy atom. The van der Waals surface area contributed by atoms with Gasteiger partial charge in [0.15, 0.2) is 0 Å². The number of carbonyl (C=O) groups is 1. The average molecular weight is 345 g/mol. The van der Waals surface area contributed by atoms with Gasteiger partial charge >= 0.3 is 0 Å². The highest BCUT2D eigenvalue weighted by molar-refractivity contribution is 7.13. The molecule has 0 aliphatic carbocycles. The van der Waals surface area contributed by atoms with E-state index in [1.807, 2.05) is 44.4 Å². The molecule has 1 N–H and O–H groups in total. The van der Waals surface area contributed by atoms with E-state index in [4.69, 9.17) is 4.42 Å². The molecule has 126 valence electrons. The van der Waals surface area contributed by atoms with Gasteiger partial charge < -0.3 is 9.73 Å². The maximum absolute atomic E-state index is 12.4. The van der Waals surface area contributed by atoms with E-state index in [-0.39, 0.29) is 11.9 Å². The first-order valence-corrected chi connectivity index (χ1v) is 8.35. The smallest absolute Gasteiger partial charge is 0.270 e. The fourth-order valence-electron chi connectivity index (χ4n) is 2.34. The molecule has 3 rings (SSSR count). The summed E-state index contributed by atoms with van der Waals surface area (Å²) < 4.78 is 7.15. The monoisotopic (exact) mass is 345 g/mol. The van der Waals surface area contributed by atoms with Gasteiger partial charge in [-0.05, 0) is 26.2 Å². The SMILES string of the molecule is CN(C)C(CNC(=O)c1csc(-c2cnn(C)c2)n1)c1ccco1. The molecule has 0 fully saturated rings. The van der Waals surface area contributed by atoms with E-state index >= 15 is 0 Å². The van der Waals surface area contributed by atoms with Gasteiger partial charge in [-0.2, -0.15) is 5.10 Å². The molecule has 0 aliphatic rings. The zero-order valence-electron chi connectivity index (χ0n) is 13.8. The second-order valence-electron chi connectivity index (χ2n) is 5.65. The molecule has 0 bridgehead atoms. The van der Waals surface area contributed by atoms with E-state index < -0.39 is 0 Å². The number of hydrogen-bond donors (Lipinski definition) is 1. The molecule has 0 spiro atoms. The molecule has 3 aromatic heterocycles. The predicted octanol–water partition coefficient (Wildman–Crippen LogP) is 2.17. The number of thiazole rings is 1. The van der Waals surface area contributed by atoms with Crippen molar-refractivity contribution in [2.24, 2.45) is 7.05 Å². The van der Waals surface area contributed by atoms with Crippen molar-refractivity contribution in [3.05, 3.63) is 47.6 Å². The number of carbonyl (C=O) groups excluding carboxylic acids is 1. The summed E-state index contributed by atoms with van der Waals surface area (Å²) in [7, 11) is 5.74. The molecule has 7 nitrogen and oxygen atoms in total. The fraction of sp³-hybridized carbons (Fsp3) is 0.312. The van der Waals surface area contributed by atoms with Gasteiger partial charge in [0.25, 0.3) is 5.91 Å². The number of furan rings is 1. The Morgan fingerprint density at radius 3 is 2.96 bits per heavy atom. The summed E-state index contributed by atoms with van der Waals surface area (Å²) in [5.41, 5.74) is 1.32. The quantitative estimate of drug-likeness (QED) is 0.741. The van der Waals surface area contributed by atoms with Gasteiger partial charge in [-0.1, -0.05) is 0 Å². The van der Waals surface area contributed by atoms with Crippen molar-refractivity contribution in [2.75, 3.05) is 20.6 Å². The fourth-order valence-corrected chi connectivity index (χ4v) is 3.12. The zero-order valence-corrected chi connectivity index (χ0v) is 14.6. The van der Waals surface area contributed by atoms with Crippen molar-refractivity contribution in [1.29, 1.82) is 0 Å². The highest BCUT2D eigenvalue weighted by Crippen LogP contribution is 2.23. The van der Waals surface area contributed by atoms with E-state index in [0.29, 0.717) is 12.2 Å². The highest BCUT2D eigenvalue weighted by atomic mass is 32.1. The van der Waals surface area contributed by atoms with Crippen LogP contribution in [0.25, 0.3) is 10.6 Å². The third-order valence-electron chi connectivity index (χ3n) is 3.64. The Labute approximate surface area is 143 Å². The van der Waals surface area contributed by atoms with Crippen LogP contribution in [0.5, 0.6) is 0 Å². The molecule has 0 aromatic carbocycles. The molecule has 1 unspecified atom stereocenters. The van der Waals surface area contributed by atoms with Crippen LogP contribution in [0.2, 0.25) is 0 Å². The molecule has 1 atom stereocenters. The van der Waals surface area contributed by atoms with E-state index in [1.54, 1.807) is 22.5 Å². The van der Waals surface area contributed by atoms with Crippen LogP contribution in [0.15, 0.2) is 40.6 Å². The topological polar surface area (TPSA) is 76.2 Å². The second kappa shape index (κ2) is 6.98. The lowest BCUT2D eigenvalue weighted by molar-refractivity contribution is 0.0935. The maximum Gasteiger partial charge on any atom is 0.270 e. The van der Waals surface area contributed by atoms with E-state index in [0.717, 1.165) is 16.3 Å². The van der Waals surface area contributed by atoms with Gasteiger partial charge in [0.1, 0.15) is 16.5 Å². The molecule has 1 amide bonds. The number of nitrogens with one attached hydrogen (secondary N) is 1. The standard InChI is InChI=1S/C16H19N5O2S/c1-20(2)13(14-5-4-6-23-14)8-17-15(22)12-10-24-16(19-12)11-7-18-21(3)9-11/h4-7,9-10,13H,8H2,1-3H3,(H,17,22). The molecule has 0 saturated heterocycles. The largest absolute Gasteiger partial charge is 0.468 e. The lowest BCUT2D eigenvalue weighted by Crippen LogP contribution is -2.34. The normalized spacial score (nSPS) is 12.5. The van der Waals surface area contributed by atoms with E-state index in [2.05, 4.69) is 15.4 Å². The van der Waals surface area contributed by atoms with Crippen LogP contribution >= 0.6 is 11.3 Å². The summed E-state index contributed by atoms with van der Waals surface area (Å²) in [5, 5.41) is 9.58. The van der Waals surface area contributed by atoms with Gasteiger partial charge in [-0.15, -0.1) is 11.3 Å². The first-order valence-electron chi connectivity index (χ1n) is 7.47. The van der Waals surface area contributed by atoms with E-state index in [9.17, 15) is 4.79 Å². The summed E-state index contributed by atoms with van der Waals surface area (Å²) in [5.74, 6) is 0.620. The number of likely N-dealkylation sites (N-methyl/N-ethyl adjacent to an activating group) is 1. The average Bonchev–Trinajstić information content (AvgIpc) is 3.27. The zero-order chi connectivity index (χ0) is 17.1. The van der Waals surface area contributed by atoms with Gasteiger partial charge in [0.2, 0.25) is 0 Å². The predicted molar refractivity (Wildman–Crippen MR) is 91.8 cm³/mol. The first kappa shape index (κ1) is 16.4. The van der Waals surface area contributed by atoms with Crippen LogP contribution < -0.4 is 5.32 Å². The molecule has 24 heavy (non-hydrogen) atoms. The number of aryl methyl sites for hydroxylation is 1. The van der Waals surface area contributed by atoms with Crippen LogP contribution in [-0.2, 0) is 7.05 Å². The number of amides is 1. The summed E-state index contributed by atoms with van der Waals surface area (Å²) in [6, 6.07) is 3.72. The Kier molecular flexibility index (Phi) is 4.77. The summed E-state index contributed by atoms with van der Waals surface area (Å²) in [6.07, 6.45) is 5.24. The van der Waals surface area contributed by atoms with Gasteiger partial charge in [-0.25, -0.2) is 4.98 Å². The Bertz CT molecular complexity index is 806. The van der Waals surface area contributed by atoms with Crippen LogP contribution in [0.4, 0.5) is 0 Å². The molecule has 8 heteroatoms. The molecular formula is C16H19N5O2S. The van der Waals surface area contributed by atoms with E-state index in [1.165, 1.54) is 11.3 Å². The third kappa shape index (κ3) is 3.55. The Morgan fingerprint density at radius 2 is 2.33 bits per heavy atom. The summed E-state index contributed by atoms with van der Waals surface area (Å²) in [4.78, 5) is 18.8. The molecule has 3 heterocycles. The number of rotatable bonds is 6. The summed E-state index contributed by atoms with van der Waals surface area (Å²) in [6.45, 7) is 0.444. The van der Waals surface area contributed by atoms with Crippen molar-refractivity contribution in [1.82, 2.24) is 25.0 Å². The molecule has 3 aromatic rings. The van der Waals surface area contributed by atoms with Crippen molar-refractivity contribution in [3.8, 4) is 10.6 Å². The number of nitrogens with zero attached hydrogens (tertiary/aromatic N) is 4.